The third-order valence-corrected chi connectivity index (χ3v) is 4.89. The van der Waals surface area contributed by atoms with E-state index in [2.05, 4.69) is 14.9 Å². The number of aromatic nitrogens is 2. The lowest BCUT2D eigenvalue weighted by atomic mass is 10.0. The van der Waals surface area contributed by atoms with E-state index in [0.29, 0.717) is 33.1 Å². The van der Waals surface area contributed by atoms with Gasteiger partial charge in [0, 0.05) is 30.1 Å². The Hall–Kier alpha value is -1.85. The highest BCUT2D eigenvalue weighted by Crippen LogP contribution is 2.37. The molecule has 2 heterocycles. The molecule has 2 aromatic heterocycles. The zero-order valence-corrected chi connectivity index (χ0v) is 17.9. The molecule has 0 N–H and O–H groups in total. The molecular formula is C21H20Cl3N3O. The maximum atomic E-state index is 6.37. The maximum Gasteiger partial charge on any atom is 0.138 e. The van der Waals surface area contributed by atoms with Gasteiger partial charge in [0.15, 0.2) is 0 Å². The second-order valence-corrected chi connectivity index (χ2v) is 7.78. The molecule has 0 radical (unpaired) electrons. The molecule has 0 saturated carbocycles. The number of rotatable bonds is 7. The van der Waals surface area contributed by atoms with Crippen LogP contribution in [0.3, 0.4) is 0 Å². The lowest BCUT2D eigenvalue weighted by Crippen LogP contribution is -2.15. The number of nitrogens with zero attached hydrogens (tertiary/aromatic N) is 3. The fraction of sp³-hybridized carbons (Fsp3) is 0.238. The Bertz CT molecular complexity index is 963. The summed E-state index contributed by atoms with van der Waals surface area (Å²) < 4.78 is 5.89. The Morgan fingerprint density at radius 2 is 1.79 bits per heavy atom. The van der Waals surface area contributed by atoms with Crippen molar-refractivity contribution in [3.8, 4) is 28.3 Å². The summed E-state index contributed by atoms with van der Waals surface area (Å²) in [4.78, 5) is 11.0. The highest BCUT2D eigenvalue weighted by molar-refractivity contribution is 6.36. The van der Waals surface area contributed by atoms with Gasteiger partial charge >= 0.3 is 0 Å². The predicted octanol–water partition coefficient (Wildman–Crippen LogP) is 6.10. The monoisotopic (exact) mass is 435 g/mol. The first-order valence-electron chi connectivity index (χ1n) is 8.79. The number of hydrogen-bond donors (Lipinski definition) is 0. The molecule has 0 amide bonds. The van der Waals surface area contributed by atoms with E-state index in [1.165, 1.54) is 0 Å². The Morgan fingerprint density at radius 1 is 0.964 bits per heavy atom. The molecule has 0 aliphatic rings. The van der Waals surface area contributed by atoms with Crippen molar-refractivity contribution in [1.82, 2.24) is 14.9 Å². The fourth-order valence-electron chi connectivity index (χ4n) is 2.76. The molecule has 1 aromatic carbocycles. The zero-order chi connectivity index (χ0) is 20.1. The average molecular weight is 437 g/mol. The molecule has 0 fully saturated rings. The molecule has 3 aromatic rings. The van der Waals surface area contributed by atoms with Gasteiger partial charge in [-0.15, -0.1) is 0 Å². The first kappa shape index (κ1) is 20.9. The Morgan fingerprint density at radius 3 is 2.54 bits per heavy atom. The van der Waals surface area contributed by atoms with Crippen molar-refractivity contribution in [2.45, 2.75) is 6.42 Å². The molecule has 0 saturated heterocycles. The topological polar surface area (TPSA) is 38.2 Å². The van der Waals surface area contributed by atoms with E-state index in [4.69, 9.17) is 39.5 Å². The summed E-state index contributed by atoms with van der Waals surface area (Å²) in [6.45, 7) is 1.53. The van der Waals surface area contributed by atoms with Crippen molar-refractivity contribution in [3.05, 3.63) is 63.9 Å². The maximum absolute atomic E-state index is 6.37. The van der Waals surface area contributed by atoms with Gasteiger partial charge in [0.2, 0.25) is 0 Å². The zero-order valence-electron chi connectivity index (χ0n) is 15.6. The van der Waals surface area contributed by atoms with Crippen molar-refractivity contribution in [2.24, 2.45) is 0 Å². The molecule has 0 atom stereocenters. The standard InChI is InChI=1S/C21H20Cl3N3O/c1-27(2)9-4-10-28-19-11-14(6-7-17(19)23)20-16(5-3-8-25-20)21-18(24)12-15(22)13-26-21/h3,5-8,11-13H,4,9-10H2,1-2H3. The van der Waals surface area contributed by atoms with Crippen LogP contribution in [-0.2, 0) is 0 Å². The van der Waals surface area contributed by atoms with Crippen LogP contribution in [0.15, 0.2) is 48.8 Å². The van der Waals surface area contributed by atoms with E-state index in [9.17, 15) is 0 Å². The molecular weight excluding hydrogens is 417 g/mol. The number of benzene rings is 1. The summed E-state index contributed by atoms with van der Waals surface area (Å²) in [5.74, 6) is 0.629. The summed E-state index contributed by atoms with van der Waals surface area (Å²) >= 11 is 18.7. The van der Waals surface area contributed by atoms with Gasteiger partial charge in [-0.25, -0.2) is 0 Å². The summed E-state index contributed by atoms with van der Waals surface area (Å²) in [5.41, 5.74) is 3.05. The normalized spacial score (nSPS) is 11.1. The Labute approximate surface area is 180 Å². The number of halogens is 3. The highest BCUT2D eigenvalue weighted by atomic mass is 35.5. The van der Waals surface area contributed by atoms with E-state index in [1.807, 2.05) is 44.4 Å². The van der Waals surface area contributed by atoms with Crippen LogP contribution in [0.2, 0.25) is 15.1 Å². The van der Waals surface area contributed by atoms with E-state index < -0.39 is 0 Å². The first-order chi connectivity index (χ1) is 13.5. The largest absolute Gasteiger partial charge is 0.492 e. The van der Waals surface area contributed by atoms with Gasteiger partial charge < -0.3 is 9.64 Å². The third-order valence-electron chi connectivity index (χ3n) is 4.08. The molecule has 146 valence electrons. The van der Waals surface area contributed by atoms with E-state index in [1.54, 1.807) is 18.5 Å². The van der Waals surface area contributed by atoms with Crippen LogP contribution >= 0.6 is 34.8 Å². The quantitative estimate of drug-likeness (QED) is 0.419. The van der Waals surface area contributed by atoms with Crippen LogP contribution in [0.4, 0.5) is 0 Å². The summed E-state index contributed by atoms with van der Waals surface area (Å²) in [5, 5.41) is 1.52. The minimum absolute atomic E-state index is 0.468. The molecule has 0 spiro atoms. The molecule has 4 nitrogen and oxygen atoms in total. The highest BCUT2D eigenvalue weighted by Gasteiger charge is 2.15. The SMILES string of the molecule is CN(C)CCCOc1cc(-c2ncccc2-c2ncc(Cl)cc2Cl)ccc1Cl. The van der Waals surface area contributed by atoms with E-state index in [-0.39, 0.29) is 0 Å². The van der Waals surface area contributed by atoms with E-state index >= 15 is 0 Å². The van der Waals surface area contributed by atoms with Crippen molar-refractivity contribution >= 4 is 34.8 Å². The third kappa shape index (κ3) is 5.15. The minimum Gasteiger partial charge on any atom is -0.492 e. The number of ether oxygens (including phenoxy) is 1. The van der Waals surface area contributed by atoms with Gasteiger partial charge in [-0.3, -0.25) is 9.97 Å². The van der Waals surface area contributed by atoms with Crippen LogP contribution < -0.4 is 4.74 Å². The van der Waals surface area contributed by atoms with Crippen molar-refractivity contribution in [3.63, 3.8) is 0 Å². The minimum atomic E-state index is 0.468. The van der Waals surface area contributed by atoms with E-state index in [0.717, 1.165) is 29.8 Å². The molecule has 0 unspecified atom stereocenters. The average Bonchev–Trinajstić information content (AvgIpc) is 2.66. The second-order valence-electron chi connectivity index (χ2n) is 6.53. The van der Waals surface area contributed by atoms with Gasteiger partial charge in [0.25, 0.3) is 0 Å². The van der Waals surface area contributed by atoms with Gasteiger partial charge in [-0.1, -0.05) is 40.9 Å². The van der Waals surface area contributed by atoms with Crippen LogP contribution in [0.25, 0.3) is 22.5 Å². The predicted molar refractivity (Wildman–Crippen MR) is 117 cm³/mol. The molecule has 7 heteroatoms. The summed E-state index contributed by atoms with van der Waals surface area (Å²) in [6, 6.07) is 11.1. The molecule has 0 bridgehead atoms. The van der Waals surface area contributed by atoms with Crippen molar-refractivity contribution in [2.75, 3.05) is 27.2 Å². The van der Waals surface area contributed by atoms with Gasteiger partial charge in [0.1, 0.15) is 5.75 Å². The second kappa shape index (κ2) is 9.57. The molecule has 0 aliphatic heterocycles. The smallest absolute Gasteiger partial charge is 0.138 e. The lowest BCUT2D eigenvalue weighted by molar-refractivity contribution is 0.282. The number of pyridine rings is 2. The lowest BCUT2D eigenvalue weighted by Gasteiger charge is -2.14. The van der Waals surface area contributed by atoms with Gasteiger partial charge in [0.05, 0.1) is 33.1 Å². The summed E-state index contributed by atoms with van der Waals surface area (Å²) in [7, 11) is 4.07. The van der Waals surface area contributed by atoms with Crippen molar-refractivity contribution in [1.29, 1.82) is 0 Å². The molecule has 3 rings (SSSR count). The van der Waals surface area contributed by atoms with Gasteiger partial charge in [-0.2, -0.15) is 0 Å². The van der Waals surface area contributed by atoms with Crippen molar-refractivity contribution < 1.29 is 4.74 Å². The fourth-order valence-corrected chi connectivity index (χ4v) is 3.42. The van der Waals surface area contributed by atoms with Crippen LogP contribution in [0.1, 0.15) is 6.42 Å². The van der Waals surface area contributed by atoms with Crippen LogP contribution in [-0.4, -0.2) is 42.1 Å². The van der Waals surface area contributed by atoms with Gasteiger partial charge in [-0.05, 0) is 50.8 Å². The molecule has 28 heavy (non-hydrogen) atoms. The van der Waals surface area contributed by atoms with Crippen LogP contribution in [0.5, 0.6) is 5.75 Å². The Kier molecular flexibility index (Phi) is 7.13. The molecule has 0 aliphatic carbocycles. The number of hydrogen-bond acceptors (Lipinski definition) is 4. The van der Waals surface area contributed by atoms with Crippen LogP contribution in [0, 0.1) is 0 Å². The first-order valence-corrected chi connectivity index (χ1v) is 9.93. The Balaban J connectivity index is 1.93. The summed E-state index contributed by atoms with van der Waals surface area (Å²) in [6.07, 6.45) is 4.21.